The number of carbonyl (C=O) groups excluding carboxylic acids is 1. The quantitative estimate of drug-likeness (QED) is 0.741. The standard InChI is InChI=1S/C13H15IN2O/c1-13(2,3)8-11(17)16-10-7-5-4-6-9(10)12(14)15-16/h4-7H,8H2,1-3H3. The first-order valence-electron chi connectivity index (χ1n) is 5.55. The maximum Gasteiger partial charge on any atom is 0.247 e. The Bertz CT molecular complexity index is 566. The van der Waals surface area contributed by atoms with Gasteiger partial charge in [0.25, 0.3) is 0 Å². The molecule has 0 N–H and O–H groups in total. The van der Waals surface area contributed by atoms with E-state index >= 15 is 0 Å². The second-order valence-electron chi connectivity index (χ2n) is 5.35. The maximum atomic E-state index is 12.2. The molecule has 0 amide bonds. The highest BCUT2D eigenvalue weighted by Crippen LogP contribution is 2.23. The molecule has 17 heavy (non-hydrogen) atoms. The Morgan fingerprint density at radius 2 is 2.00 bits per heavy atom. The van der Waals surface area contributed by atoms with Crippen molar-refractivity contribution in [1.29, 1.82) is 0 Å². The van der Waals surface area contributed by atoms with Gasteiger partial charge in [0.15, 0.2) is 0 Å². The van der Waals surface area contributed by atoms with Crippen LogP contribution < -0.4 is 0 Å². The number of hydrogen-bond donors (Lipinski definition) is 0. The third kappa shape index (κ3) is 2.68. The zero-order valence-corrected chi connectivity index (χ0v) is 12.4. The number of carbonyl (C=O) groups is 1. The van der Waals surface area contributed by atoms with Gasteiger partial charge >= 0.3 is 0 Å². The number of halogens is 1. The summed E-state index contributed by atoms with van der Waals surface area (Å²) in [6, 6.07) is 7.82. The predicted molar refractivity (Wildman–Crippen MR) is 77.1 cm³/mol. The number of fused-ring (bicyclic) bond motifs is 1. The molecule has 0 radical (unpaired) electrons. The van der Waals surface area contributed by atoms with Crippen molar-refractivity contribution in [2.45, 2.75) is 27.2 Å². The van der Waals surface area contributed by atoms with Gasteiger partial charge in [0.05, 0.1) is 5.52 Å². The predicted octanol–water partition coefficient (Wildman–Crippen LogP) is 3.72. The monoisotopic (exact) mass is 342 g/mol. The summed E-state index contributed by atoms with van der Waals surface area (Å²) in [7, 11) is 0. The van der Waals surface area contributed by atoms with Crippen LogP contribution in [0.25, 0.3) is 10.9 Å². The molecular formula is C13H15IN2O. The van der Waals surface area contributed by atoms with Crippen molar-refractivity contribution in [2.24, 2.45) is 5.41 Å². The fourth-order valence-electron chi connectivity index (χ4n) is 1.75. The molecule has 0 saturated heterocycles. The van der Waals surface area contributed by atoms with Crippen LogP contribution in [-0.4, -0.2) is 15.7 Å². The molecule has 0 unspecified atom stereocenters. The number of rotatable bonds is 1. The van der Waals surface area contributed by atoms with Crippen LogP contribution in [0.3, 0.4) is 0 Å². The molecule has 0 aliphatic carbocycles. The van der Waals surface area contributed by atoms with Gasteiger partial charge in [0.2, 0.25) is 5.91 Å². The minimum absolute atomic E-state index is 0.0183. The number of para-hydroxylation sites is 1. The first-order valence-corrected chi connectivity index (χ1v) is 6.63. The van der Waals surface area contributed by atoms with Gasteiger partial charge in [-0.15, -0.1) is 0 Å². The van der Waals surface area contributed by atoms with Gasteiger partial charge in [-0.1, -0.05) is 39.0 Å². The summed E-state index contributed by atoms with van der Waals surface area (Å²) < 4.78 is 2.41. The third-order valence-electron chi connectivity index (χ3n) is 2.46. The van der Waals surface area contributed by atoms with E-state index in [4.69, 9.17) is 0 Å². The topological polar surface area (TPSA) is 34.9 Å². The summed E-state index contributed by atoms with van der Waals surface area (Å²) in [5, 5.41) is 5.37. The van der Waals surface area contributed by atoms with Crippen molar-refractivity contribution in [3.8, 4) is 0 Å². The van der Waals surface area contributed by atoms with Gasteiger partial charge in [-0.3, -0.25) is 4.79 Å². The fourth-order valence-corrected chi connectivity index (χ4v) is 2.42. The van der Waals surface area contributed by atoms with Crippen LogP contribution in [0.5, 0.6) is 0 Å². The smallest absolute Gasteiger partial charge is 0.247 e. The van der Waals surface area contributed by atoms with E-state index in [-0.39, 0.29) is 11.3 Å². The zero-order valence-electron chi connectivity index (χ0n) is 10.2. The van der Waals surface area contributed by atoms with E-state index in [0.29, 0.717) is 6.42 Å². The summed E-state index contributed by atoms with van der Waals surface area (Å²) >= 11 is 2.17. The summed E-state index contributed by atoms with van der Waals surface area (Å²) in [4.78, 5) is 12.2. The molecule has 2 rings (SSSR count). The van der Waals surface area contributed by atoms with Crippen molar-refractivity contribution >= 4 is 39.4 Å². The molecule has 0 atom stereocenters. The molecule has 0 aliphatic heterocycles. The number of aromatic nitrogens is 2. The molecule has 0 spiro atoms. The number of nitrogens with zero attached hydrogens (tertiary/aromatic N) is 2. The molecule has 1 aromatic heterocycles. The lowest BCUT2D eigenvalue weighted by atomic mass is 9.92. The van der Waals surface area contributed by atoms with Crippen LogP contribution in [0.1, 0.15) is 32.0 Å². The lowest BCUT2D eigenvalue weighted by Crippen LogP contribution is -2.19. The largest absolute Gasteiger partial charge is 0.273 e. The van der Waals surface area contributed by atoms with Gasteiger partial charge in [-0.05, 0) is 34.1 Å². The molecule has 0 saturated carbocycles. The number of benzene rings is 1. The zero-order chi connectivity index (χ0) is 12.6. The molecule has 90 valence electrons. The summed E-state index contributed by atoms with van der Waals surface area (Å²) in [6.07, 6.45) is 0.495. The van der Waals surface area contributed by atoms with Crippen LogP contribution in [0, 0.1) is 9.12 Å². The first-order chi connectivity index (χ1) is 7.88. The van der Waals surface area contributed by atoms with Gasteiger partial charge in [0.1, 0.15) is 3.70 Å². The fraction of sp³-hybridized carbons (Fsp3) is 0.385. The molecule has 1 heterocycles. The average Bonchev–Trinajstić information content (AvgIpc) is 2.55. The summed E-state index contributed by atoms with van der Waals surface area (Å²) in [5.74, 6) is 0.0524. The van der Waals surface area contributed by atoms with Gasteiger partial charge in [0, 0.05) is 11.8 Å². The highest BCUT2D eigenvalue weighted by Gasteiger charge is 2.20. The second-order valence-corrected chi connectivity index (χ2v) is 6.37. The van der Waals surface area contributed by atoms with Crippen molar-refractivity contribution in [1.82, 2.24) is 9.78 Å². The normalized spacial score (nSPS) is 12.0. The van der Waals surface area contributed by atoms with E-state index < -0.39 is 0 Å². The Morgan fingerprint density at radius 3 is 2.65 bits per heavy atom. The molecule has 0 aliphatic rings. The Hall–Kier alpha value is -0.910. The Labute approximate surface area is 114 Å². The van der Waals surface area contributed by atoms with E-state index in [2.05, 4.69) is 48.5 Å². The van der Waals surface area contributed by atoms with Crippen LogP contribution in [-0.2, 0) is 0 Å². The molecule has 3 nitrogen and oxygen atoms in total. The van der Waals surface area contributed by atoms with Gasteiger partial charge in [-0.25, -0.2) is 0 Å². The molecular weight excluding hydrogens is 327 g/mol. The molecule has 0 bridgehead atoms. The minimum Gasteiger partial charge on any atom is -0.273 e. The molecule has 0 fully saturated rings. The maximum absolute atomic E-state index is 12.2. The van der Waals surface area contributed by atoms with Gasteiger partial charge in [-0.2, -0.15) is 9.78 Å². The van der Waals surface area contributed by atoms with Crippen LogP contribution in [0.4, 0.5) is 0 Å². The average molecular weight is 342 g/mol. The SMILES string of the molecule is CC(C)(C)CC(=O)n1nc(I)c2ccccc21. The van der Waals surface area contributed by atoms with Crippen molar-refractivity contribution in [3.63, 3.8) is 0 Å². The second kappa shape index (κ2) is 4.40. The summed E-state index contributed by atoms with van der Waals surface area (Å²) in [5.41, 5.74) is 0.876. The van der Waals surface area contributed by atoms with Crippen LogP contribution in [0.15, 0.2) is 24.3 Å². The molecule has 4 heteroatoms. The lowest BCUT2D eigenvalue weighted by Gasteiger charge is -2.16. The number of hydrogen-bond acceptors (Lipinski definition) is 2. The first kappa shape index (κ1) is 12.5. The highest BCUT2D eigenvalue weighted by atomic mass is 127. The van der Waals surface area contributed by atoms with Crippen molar-refractivity contribution < 1.29 is 4.79 Å². The van der Waals surface area contributed by atoms with Crippen molar-refractivity contribution in [2.75, 3.05) is 0 Å². The minimum atomic E-state index is -0.0183. The lowest BCUT2D eigenvalue weighted by molar-refractivity contribution is 0.0846. The Balaban J connectivity index is 2.46. The van der Waals surface area contributed by atoms with Gasteiger partial charge < -0.3 is 0 Å². The Kier molecular flexibility index (Phi) is 3.25. The third-order valence-corrected chi connectivity index (χ3v) is 3.26. The van der Waals surface area contributed by atoms with E-state index in [9.17, 15) is 4.79 Å². The highest BCUT2D eigenvalue weighted by molar-refractivity contribution is 14.1. The Morgan fingerprint density at radius 1 is 1.35 bits per heavy atom. The van der Waals surface area contributed by atoms with Crippen LogP contribution >= 0.6 is 22.6 Å². The van der Waals surface area contributed by atoms with E-state index in [1.807, 2.05) is 24.3 Å². The van der Waals surface area contributed by atoms with E-state index in [0.717, 1.165) is 14.6 Å². The molecule has 2 aromatic rings. The van der Waals surface area contributed by atoms with E-state index in [1.165, 1.54) is 4.68 Å². The van der Waals surface area contributed by atoms with Crippen molar-refractivity contribution in [3.05, 3.63) is 28.0 Å². The van der Waals surface area contributed by atoms with Crippen LogP contribution in [0.2, 0.25) is 0 Å². The molecule has 1 aromatic carbocycles. The summed E-state index contributed by atoms with van der Waals surface area (Å²) in [6.45, 7) is 6.17. The van der Waals surface area contributed by atoms with E-state index in [1.54, 1.807) is 0 Å².